The first kappa shape index (κ1) is 13.5. The van der Waals surface area contributed by atoms with Gasteiger partial charge in [0, 0.05) is 10.6 Å². The number of nitriles is 1. The monoisotopic (exact) mass is 268 g/mol. The number of anilines is 2. The Hall–Kier alpha value is -1.92. The van der Waals surface area contributed by atoms with Crippen molar-refractivity contribution in [1.82, 2.24) is 0 Å². The Kier molecular flexibility index (Phi) is 4.48. The van der Waals surface area contributed by atoms with Crippen molar-refractivity contribution in [1.29, 1.82) is 5.26 Å². The number of thioether (sulfide) groups is 1. The van der Waals surface area contributed by atoms with Gasteiger partial charge in [0.1, 0.15) is 6.07 Å². The highest BCUT2D eigenvalue weighted by molar-refractivity contribution is 7.99. The largest absolute Gasteiger partial charge is 0.354 e. The van der Waals surface area contributed by atoms with E-state index in [0.717, 1.165) is 27.6 Å². The first-order valence-corrected chi connectivity index (χ1v) is 7.22. The standard InChI is InChI=1S/C16H16N2S/c1-3-19-16-6-4-5-15(14(16)11-17)18-13-9-7-12(2)8-10-13/h4-10,18H,3H2,1-2H3. The third-order valence-electron chi connectivity index (χ3n) is 2.77. The minimum Gasteiger partial charge on any atom is -0.354 e. The molecule has 0 amide bonds. The highest BCUT2D eigenvalue weighted by Gasteiger charge is 2.08. The Balaban J connectivity index is 2.32. The van der Waals surface area contributed by atoms with Crippen LogP contribution in [0.5, 0.6) is 0 Å². The van der Waals surface area contributed by atoms with E-state index in [0.29, 0.717) is 0 Å². The number of hydrogen-bond acceptors (Lipinski definition) is 3. The second kappa shape index (κ2) is 6.31. The van der Waals surface area contributed by atoms with Gasteiger partial charge in [0.25, 0.3) is 0 Å². The summed E-state index contributed by atoms with van der Waals surface area (Å²) in [5.74, 6) is 0.961. The molecular weight excluding hydrogens is 252 g/mol. The number of nitrogens with one attached hydrogen (secondary N) is 1. The number of nitrogens with zero attached hydrogens (tertiary/aromatic N) is 1. The van der Waals surface area contributed by atoms with Crippen molar-refractivity contribution < 1.29 is 0 Å². The lowest BCUT2D eigenvalue weighted by Gasteiger charge is -2.11. The molecule has 2 aromatic rings. The Morgan fingerprint density at radius 2 is 1.89 bits per heavy atom. The summed E-state index contributed by atoms with van der Waals surface area (Å²) in [5, 5.41) is 12.7. The van der Waals surface area contributed by atoms with Crippen LogP contribution < -0.4 is 5.32 Å². The summed E-state index contributed by atoms with van der Waals surface area (Å²) in [7, 11) is 0. The van der Waals surface area contributed by atoms with Crippen molar-refractivity contribution in [2.45, 2.75) is 18.7 Å². The molecule has 0 unspecified atom stereocenters. The molecule has 0 heterocycles. The molecule has 2 rings (SSSR count). The normalized spacial score (nSPS) is 9.95. The van der Waals surface area contributed by atoms with Gasteiger partial charge in [-0.05, 0) is 36.9 Å². The molecule has 0 saturated carbocycles. The lowest BCUT2D eigenvalue weighted by Crippen LogP contribution is -1.95. The van der Waals surface area contributed by atoms with Crippen LogP contribution in [0, 0.1) is 18.3 Å². The van der Waals surface area contributed by atoms with E-state index in [4.69, 9.17) is 0 Å². The van der Waals surface area contributed by atoms with Crippen LogP contribution in [-0.4, -0.2) is 5.75 Å². The number of aryl methyl sites for hydroxylation is 1. The predicted octanol–water partition coefficient (Wildman–Crippen LogP) is 4.72. The van der Waals surface area contributed by atoms with Gasteiger partial charge in [0.15, 0.2) is 0 Å². The third kappa shape index (κ3) is 3.30. The van der Waals surface area contributed by atoms with E-state index in [2.05, 4.69) is 37.4 Å². The van der Waals surface area contributed by atoms with Crippen LogP contribution in [0.25, 0.3) is 0 Å². The molecule has 0 aromatic heterocycles. The van der Waals surface area contributed by atoms with Crippen LogP contribution in [0.1, 0.15) is 18.1 Å². The summed E-state index contributed by atoms with van der Waals surface area (Å²) < 4.78 is 0. The Morgan fingerprint density at radius 3 is 2.53 bits per heavy atom. The summed E-state index contributed by atoms with van der Waals surface area (Å²) in [6.45, 7) is 4.15. The zero-order chi connectivity index (χ0) is 13.7. The number of rotatable bonds is 4. The van der Waals surface area contributed by atoms with Crippen LogP contribution in [0.4, 0.5) is 11.4 Å². The average molecular weight is 268 g/mol. The topological polar surface area (TPSA) is 35.8 Å². The van der Waals surface area contributed by atoms with Crippen LogP contribution in [0.2, 0.25) is 0 Å². The molecule has 2 nitrogen and oxygen atoms in total. The third-order valence-corrected chi connectivity index (χ3v) is 3.71. The maximum Gasteiger partial charge on any atom is 0.103 e. The Bertz CT molecular complexity index is 597. The van der Waals surface area contributed by atoms with E-state index < -0.39 is 0 Å². The van der Waals surface area contributed by atoms with Crippen LogP contribution in [0.3, 0.4) is 0 Å². The zero-order valence-corrected chi connectivity index (χ0v) is 11.9. The first-order chi connectivity index (χ1) is 9.24. The highest BCUT2D eigenvalue weighted by Crippen LogP contribution is 2.29. The second-order valence-electron chi connectivity index (χ2n) is 4.21. The van der Waals surface area contributed by atoms with Crippen molar-refractivity contribution in [3.05, 3.63) is 53.6 Å². The summed E-state index contributed by atoms with van der Waals surface area (Å²) in [4.78, 5) is 1.03. The molecule has 0 saturated heterocycles. The molecule has 0 aliphatic rings. The molecule has 96 valence electrons. The quantitative estimate of drug-likeness (QED) is 0.815. The minimum absolute atomic E-state index is 0.718. The molecule has 0 aliphatic heterocycles. The van der Waals surface area contributed by atoms with E-state index in [-0.39, 0.29) is 0 Å². The zero-order valence-electron chi connectivity index (χ0n) is 11.1. The lowest BCUT2D eigenvalue weighted by atomic mass is 10.1. The van der Waals surface area contributed by atoms with Gasteiger partial charge in [0.05, 0.1) is 11.3 Å². The van der Waals surface area contributed by atoms with Crippen molar-refractivity contribution in [2.24, 2.45) is 0 Å². The Morgan fingerprint density at radius 1 is 1.16 bits per heavy atom. The summed E-state index contributed by atoms with van der Waals surface area (Å²) in [6.07, 6.45) is 0. The molecule has 19 heavy (non-hydrogen) atoms. The van der Waals surface area contributed by atoms with Gasteiger partial charge >= 0.3 is 0 Å². The molecular formula is C16H16N2S. The number of hydrogen-bond donors (Lipinski definition) is 1. The molecule has 0 radical (unpaired) electrons. The lowest BCUT2D eigenvalue weighted by molar-refractivity contribution is 1.34. The molecule has 0 fully saturated rings. The van der Waals surface area contributed by atoms with Crippen LogP contribution in [0.15, 0.2) is 47.4 Å². The molecule has 1 N–H and O–H groups in total. The molecule has 3 heteroatoms. The van der Waals surface area contributed by atoms with E-state index in [1.807, 2.05) is 30.3 Å². The summed E-state index contributed by atoms with van der Waals surface area (Å²) >= 11 is 1.69. The first-order valence-electron chi connectivity index (χ1n) is 6.24. The second-order valence-corrected chi connectivity index (χ2v) is 5.52. The average Bonchev–Trinajstić information content (AvgIpc) is 2.42. The van der Waals surface area contributed by atoms with E-state index in [1.54, 1.807) is 11.8 Å². The Labute approximate surface area is 118 Å². The van der Waals surface area contributed by atoms with Gasteiger partial charge in [-0.2, -0.15) is 5.26 Å². The van der Waals surface area contributed by atoms with E-state index in [9.17, 15) is 5.26 Å². The number of benzene rings is 2. The van der Waals surface area contributed by atoms with Crippen molar-refractivity contribution in [3.8, 4) is 6.07 Å². The highest BCUT2D eigenvalue weighted by atomic mass is 32.2. The summed E-state index contributed by atoms with van der Waals surface area (Å²) in [5.41, 5.74) is 3.81. The van der Waals surface area contributed by atoms with E-state index in [1.165, 1.54) is 5.56 Å². The van der Waals surface area contributed by atoms with Crippen LogP contribution >= 0.6 is 11.8 Å². The van der Waals surface area contributed by atoms with Gasteiger partial charge in [-0.1, -0.05) is 30.7 Å². The predicted molar refractivity (Wildman–Crippen MR) is 82.0 cm³/mol. The minimum atomic E-state index is 0.718. The molecule has 2 aromatic carbocycles. The van der Waals surface area contributed by atoms with Crippen molar-refractivity contribution in [3.63, 3.8) is 0 Å². The molecule has 0 bridgehead atoms. The van der Waals surface area contributed by atoms with Gasteiger partial charge < -0.3 is 5.32 Å². The van der Waals surface area contributed by atoms with Gasteiger partial charge in [-0.15, -0.1) is 11.8 Å². The smallest absolute Gasteiger partial charge is 0.103 e. The van der Waals surface area contributed by atoms with Crippen molar-refractivity contribution >= 4 is 23.1 Å². The maximum atomic E-state index is 9.34. The van der Waals surface area contributed by atoms with Gasteiger partial charge in [-0.3, -0.25) is 0 Å². The van der Waals surface area contributed by atoms with Crippen LogP contribution in [-0.2, 0) is 0 Å². The van der Waals surface area contributed by atoms with Crippen molar-refractivity contribution in [2.75, 3.05) is 11.1 Å². The fourth-order valence-electron chi connectivity index (χ4n) is 1.82. The molecule has 0 atom stereocenters. The van der Waals surface area contributed by atoms with Gasteiger partial charge in [-0.25, -0.2) is 0 Å². The fraction of sp³-hybridized carbons (Fsp3) is 0.188. The van der Waals surface area contributed by atoms with Gasteiger partial charge in [0.2, 0.25) is 0 Å². The van der Waals surface area contributed by atoms with E-state index >= 15 is 0 Å². The maximum absolute atomic E-state index is 9.34. The molecule has 0 spiro atoms. The fourth-order valence-corrected chi connectivity index (χ4v) is 2.60. The SMILES string of the molecule is CCSc1cccc(Nc2ccc(C)cc2)c1C#N. The summed E-state index contributed by atoms with van der Waals surface area (Å²) in [6, 6.07) is 16.4. The molecule has 0 aliphatic carbocycles.